The highest BCUT2D eigenvalue weighted by molar-refractivity contribution is 6.05. The van der Waals surface area contributed by atoms with Crippen LogP contribution in [0.1, 0.15) is 16.8 Å². The maximum absolute atomic E-state index is 6.46. The Balaban J connectivity index is 1.33. The second-order valence-electron chi connectivity index (χ2n) is 9.35. The monoisotopic (exact) mass is 468 g/mol. The van der Waals surface area contributed by atoms with Crippen molar-refractivity contribution in [1.29, 1.82) is 0 Å². The molecule has 0 atom stereocenters. The molecule has 0 unspecified atom stereocenters. The van der Waals surface area contributed by atoms with Crippen molar-refractivity contribution < 1.29 is 9.15 Å². The number of pyridine rings is 1. The molecule has 174 valence electrons. The molecule has 36 heavy (non-hydrogen) atoms. The highest BCUT2D eigenvalue weighted by Crippen LogP contribution is 2.36. The lowest BCUT2D eigenvalue weighted by atomic mass is 10.1. The number of furan rings is 1. The summed E-state index contributed by atoms with van der Waals surface area (Å²) < 4.78 is 14.8. The molecule has 0 spiro atoms. The first kappa shape index (κ1) is 20.8. The SMILES string of the molecule is Cc1c(C)n(Cc2ccc3ccccc3c2)c2c(Oc3ccc4oc5ccccc5c4c3)nccc12. The van der Waals surface area contributed by atoms with Gasteiger partial charge in [-0.2, -0.15) is 0 Å². The Morgan fingerprint density at radius 1 is 0.750 bits per heavy atom. The van der Waals surface area contributed by atoms with Crippen LogP contribution in [0.3, 0.4) is 0 Å². The minimum absolute atomic E-state index is 0.608. The molecule has 3 heterocycles. The second-order valence-corrected chi connectivity index (χ2v) is 9.35. The maximum Gasteiger partial charge on any atom is 0.244 e. The molecule has 0 N–H and O–H groups in total. The summed E-state index contributed by atoms with van der Waals surface area (Å²) >= 11 is 0. The molecule has 0 saturated carbocycles. The molecule has 0 fully saturated rings. The Morgan fingerprint density at radius 3 is 2.47 bits per heavy atom. The van der Waals surface area contributed by atoms with E-state index in [1.807, 2.05) is 42.6 Å². The van der Waals surface area contributed by atoms with Crippen LogP contribution in [-0.4, -0.2) is 9.55 Å². The summed E-state index contributed by atoms with van der Waals surface area (Å²) in [5.74, 6) is 1.35. The van der Waals surface area contributed by atoms with E-state index in [-0.39, 0.29) is 0 Å². The van der Waals surface area contributed by atoms with Crippen LogP contribution in [0.5, 0.6) is 11.6 Å². The van der Waals surface area contributed by atoms with E-state index in [4.69, 9.17) is 9.15 Å². The van der Waals surface area contributed by atoms with Crippen LogP contribution in [0.2, 0.25) is 0 Å². The Morgan fingerprint density at radius 2 is 1.56 bits per heavy atom. The minimum Gasteiger partial charge on any atom is -0.456 e. The zero-order chi connectivity index (χ0) is 24.2. The molecule has 3 aromatic heterocycles. The van der Waals surface area contributed by atoms with Crippen LogP contribution >= 0.6 is 0 Å². The third kappa shape index (κ3) is 3.26. The molecular weight excluding hydrogens is 444 g/mol. The molecule has 4 heteroatoms. The van der Waals surface area contributed by atoms with Crippen molar-refractivity contribution >= 4 is 43.6 Å². The molecule has 7 rings (SSSR count). The van der Waals surface area contributed by atoms with Crippen LogP contribution in [0, 0.1) is 13.8 Å². The van der Waals surface area contributed by atoms with E-state index in [1.54, 1.807) is 0 Å². The van der Waals surface area contributed by atoms with Crippen LogP contribution in [-0.2, 0) is 6.54 Å². The third-order valence-electron chi connectivity index (χ3n) is 7.23. The van der Waals surface area contributed by atoms with Crippen LogP contribution < -0.4 is 4.74 Å². The lowest BCUT2D eigenvalue weighted by Gasteiger charge is -2.13. The van der Waals surface area contributed by atoms with Gasteiger partial charge >= 0.3 is 0 Å². The molecular formula is C32H24N2O2. The number of nitrogens with zero attached hydrogens (tertiary/aromatic N) is 2. The number of fused-ring (bicyclic) bond motifs is 5. The maximum atomic E-state index is 6.46. The lowest BCUT2D eigenvalue weighted by Crippen LogP contribution is -2.03. The second kappa shape index (κ2) is 7.99. The van der Waals surface area contributed by atoms with E-state index in [1.165, 1.54) is 27.6 Å². The van der Waals surface area contributed by atoms with Gasteiger partial charge in [0.1, 0.15) is 22.4 Å². The van der Waals surface area contributed by atoms with E-state index in [0.717, 1.165) is 45.1 Å². The third-order valence-corrected chi connectivity index (χ3v) is 7.23. The largest absolute Gasteiger partial charge is 0.456 e. The van der Waals surface area contributed by atoms with Crippen molar-refractivity contribution in [2.45, 2.75) is 20.4 Å². The van der Waals surface area contributed by atoms with Gasteiger partial charge in [-0.05, 0) is 72.1 Å². The van der Waals surface area contributed by atoms with Gasteiger partial charge in [-0.1, -0.05) is 54.6 Å². The molecule has 7 aromatic rings. The van der Waals surface area contributed by atoms with Gasteiger partial charge < -0.3 is 13.7 Å². The number of rotatable bonds is 4. The highest BCUT2D eigenvalue weighted by Gasteiger charge is 2.18. The number of benzene rings is 4. The quantitative estimate of drug-likeness (QED) is 0.260. The van der Waals surface area contributed by atoms with Crippen LogP contribution in [0.4, 0.5) is 0 Å². The highest BCUT2D eigenvalue weighted by atomic mass is 16.5. The Bertz CT molecular complexity index is 1930. The molecule has 0 bridgehead atoms. The fourth-order valence-electron chi connectivity index (χ4n) is 5.24. The zero-order valence-electron chi connectivity index (χ0n) is 20.2. The summed E-state index contributed by atoms with van der Waals surface area (Å²) in [6.07, 6.45) is 1.83. The average Bonchev–Trinajstić information content (AvgIpc) is 3.40. The van der Waals surface area contributed by atoms with E-state index in [0.29, 0.717) is 5.88 Å². The van der Waals surface area contributed by atoms with Crippen molar-refractivity contribution in [2.75, 3.05) is 0 Å². The smallest absolute Gasteiger partial charge is 0.244 e. The molecule has 4 aromatic carbocycles. The Kier molecular flexibility index (Phi) is 4.61. The molecule has 0 aliphatic carbocycles. The van der Waals surface area contributed by atoms with Gasteiger partial charge in [-0.3, -0.25) is 0 Å². The van der Waals surface area contributed by atoms with Crippen molar-refractivity contribution in [3.8, 4) is 11.6 Å². The summed E-state index contributed by atoms with van der Waals surface area (Å²) in [6.45, 7) is 5.08. The average molecular weight is 469 g/mol. The molecule has 0 saturated heterocycles. The first-order valence-electron chi connectivity index (χ1n) is 12.2. The first-order chi connectivity index (χ1) is 17.7. The molecule has 4 nitrogen and oxygen atoms in total. The number of para-hydroxylation sites is 1. The number of hydrogen-bond donors (Lipinski definition) is 0. The number of aryl methyl sites for hydroxylation is 1. The molecule has 0 amide bonds. The summed E-state index contributed by atoms with van der Waals surface area (Å²) in [7, 11) is 0. The van der Waals surface area contributed by atoms with Gasteiger partial charge in [-0.15, -0.1) is 0 Å². The molecule has 0 aliphatic heterocycles. The normalized spacial score (nSPS) is 11.7. The number of hydrogen-bond acceptors (Lipinski definition) is 3. The summed E-state index contributed by atoms with van der Waals surface area (Å²) in [5.41, 5.74) is 6.44. The zero-order valence-corrected chi connectivity index (χ0v) is 20.2. The van der Waals surface area contributed by atoms with Gasteiger partial charge in [0.15, 0.2) is 0 Å². The van der Waals surface area contributed by atoms with Crippen LogP contribution in [0.25, 0.3) is 43.6 Å². The van der Waals surface area contributed by atoms with E-state index < -0.39 is 0 Å². The first-order valence-corrected chi connectivity index (χ1v) is 12.2. The van der Waals surface area contributed by atoms with E-state index in [2.05, 4.69) is 78.0 Å². The van der Waals surface area contributed by atoms with Crippen molar-refractivity contribution in [2.24, 2.45) is 0 Å². The minimum atomic E-state index is 0.608. The predicted octanol–water partition coefficient (Wildman–Crippen LogP) is 8.55. The van der Waals surface area contributed by atoms with Gasteiger partial charge in [0.2, 0.25) is 5.88 Å². The lowest BCUT2D eigenvalue weighted by molar-refractivity contribution is 0.466. The summed E-state index contributed by atoms with van der Waals surface area (Å²) in [6, 6.07) is 31.3. The Hall–Kier alpha value is -4.57. The molecule has 0 radical (unpaired) electrons. The summed E-state index contributed by atoms with van der Waals surface area (Å²) in [5, 5.41) is 5.77. The fourth-order valence-corrected chi connectivity index (χ4v) is 5.24. The Labute approximate surface area is 208 Å². The van der Waals surface area contributed by atoms with Gasteiger partial charge in [-0.25, -0.2) is 4.98 Å². The molecule has 0 aliphatic rings. The number of aromatic nitrogens is 2. The van der Waals surface area contributed by atoms with Crippen molar-refractivity contribution in [3.63, 3.8) is 0 Å². The van der Waals surface area contributed by atoms with Crippen molar-refractivity contribution in [3.05, 3.63) is 114 Å². The van der Waals surface area contributed by atoms with Gasteiger partial charge in [0, 0.05) is 34.6 Å². The number of ether oxygens (including phenoxy) is 1. The van der Waals surface area contributed by atoms with Crippen molar-refractivity contribution in [1.82, 2.24) is 9.55 Å². The topological polar surface area (TPSA) is 40.2 Å². The summed E-state index contributed by atoms with van der Waals surface area (Å²) in [4.78, 5) is 4.67. The van der Waals surface area contributed by atoms with Gasteiger partial charge in [0.05, 0.1) is 0 Å². The fraction of sp³-hybridized carbons (Fsp3) is 0.0938. The van der Waals surface area contributed by atoms with Crippen LogP contribution in [0.15, 0.2) is 102 Å². The van der Waals surface area contributed by atoms with Gasteiger partial charge in [0.25, 0.3) is 0 Å². The predicted molar refractivity (Wildman–Crippen MR) is 146 cm³/mol. The standard InChI is InChI=1S/C32H24N2O2/c1-20-21(2)34(19-22-11-12-23-7-3-4-8-24(23)17-22)31-26(20)15-16-33-32(31)35-25-13-14-30-28(18-25)27-9-5-6-10-29(27)36-30/h3-18H,19H2,1-2H3. The van der Waals surface area contributed by atoms with E-state index >= 15 is 0 Å². The van der Waals surface area contributed by atoms with E-state index in [9.17, 15) is 0 Å².